The Balaban J connectivity index is 5.14. The van der Waals surface area contributed by atoms with Gasteiger partial charge >= 0.3 is 11.9 Å². The molecule has 0 aromatic rings. The van der Waals surface area contributed by atoms with Crippen LogP contribution in [0.2, 0.25) is 0 Å². The predicted octanol–water partition coefficient (Wildman–Crippen LogP) is -4.12. The topological polar surface area (TPSA) is 274 Å². The van der Waals surface area contributed by atoms with Crippen LogP contribution >= 0.6 is 0 Å². The molecule has 0 radical (unpaired) electrons. The molecule has 0 rings (SSSR count). The zero-order valence-corrected chi connectivity index (χ0v) is 17.3. The van der Waals surface area contributed by atoms with E-state index in [1.54, 1.807) is 0 Å². The highest BCUT2D eigenvalue weighted by Crippen LogP contribution is 2.02. The first-order chi connectivity index (χ1) is 14.7. The fourth-order valence-electron chi connectivity index (χ4n) is 2.32. The molecule has 0 aromatic heterocycles. The summed E-state index contributed by atoms with van der Waals surface area (Å²) >= 11 is 0. The number of aliphatic carboxylic acids is 2. The molecule has 0 fully saturated rings. The molecule has 0 aliphatic carbocycles. The molecule has 0 saturated heterocycles. The van der Waals surface area contributed by atoms with E-state index < -0.39 is 78.5 Å². The maximum Gasteiger partial charge on any atom is 0.326 e. The van der Waals surface area contributed by atoms with Crippen LogP contribution in [0, 0.1) is 0 Å². The Morgan fingerprint density at radius 1 is 0.750 bits per heavy atom. The van der Waals surface area contributed by atoms with Gasteiger partial charge in [0.2, 0.25) is 29.5 Å². The zero-order chi connectivity index (χ0) is 25.0. The van der Waals surface area contributed by atoms with E-state index in [0.717, 1.165) is 0 Å². The summed E-state index contributed by atoms with van der Waals surface area (Å²) in [5.74, 6) is -7.19. The van der Waals surface area contributed by atoms with E-state index >= 15 is 0 Å². The number of carbonyl (C=O) groups excluding carboxylic acids is 5. The van der Waals surface area contributed by atoms with Gasteiger partial charge in [-0.3, -0.25) is 28.8 Å². The van der Waals surface area contributed by atoms with Gasteiger partial charge in [0.1, 0.15) is 18.1 Å². The minimum Gasteiger partial charge on any atom is -0.481 e. The third-order valence-electron chi connectivity index (χ3n) is 4.09. The normalized spacial score (nSPS) is 14.2. The van der Waals surface area contributed by atoms with Crippen LogP contribution in [-0.2, 0) is 33.6 Å². The van der Waals surface area contributed by atoms with Crippen LogP contribution in [0.4, 0.5) is 0 Å². The molecule has 5 amide bonds. The highest BCUT2D eigenvalue weighted by Gasteiger charge is 2.29. The molecule has 0 saturated carbocycles. The van der Waals surface area contributed by atoms with Crippen LogP contribution < -0.4 is 33.2 Å². The van der Waals surface area contributed by atoms with Crippen molar-refractivity contribution in [2.45, 2.75) is 63.2 Å². The van der Waals surface area contributed by atoms with Gasteiger partial charge in [-0.1, -0.05) is 0 Å². The number of primary amides is 2. The molecular formula is C17H28N6O9. The van der Waals surface area contributed by atoms with Crippen LogP contribution in [0.15, 0.2) is 0 Å². The second-order valence-electron chi connectivity index (χ2n) is 6.91. The van der Waals surface area contributed by atoms with E-state index in [9.17, 15) is 33.6 Å². The van der Waals surface area contributed by atoms with Crippen molar-refractivity contribution in [3.05, 3.63) is 0 Å². The minimum absolute atomic E-state index is 0.107. The minimum atomic E-state index is -1.62. The molecule has 4 unspecified atom stereocenters. The van der Waals surface area contributed by atoms with Crippen LogP contribution in [-0.4, -0.2) is 75.9 Å². The van der Waals surface area contributed by atoms with Gasteiger partial charge in [-0.2, -0.15) is 0 Å². The highest BCUT2D eigenvalue weighted by molar-refractivity contribution is 5.94. The SMILES string of the molecule is CC(NC(=O)C(CCC(=O)O)NC(=O)C(N)CCC(N)=O)C(=O)NC(CC(N)=O)C(=O)O. The Bertz CT molecular complexity index is 757. The Labute approximate surface area is 182 Å². The highest BCUT2D eigenvalue weighted by atomic mass is 16.4. The third-order valence-corrected chi connectivity index (χ3v) is 4.09. The summed E-state index contributed by atoms with van der Waals surface area (Å²) in [5, 5.41) is 24.4. The molecule has 0 spiro atoms. The number of carbonyl (C=O) groups is 7. The average Bonchev–Trinajstić information content (AvgIpc) is 2.67. The van der Waals surface area contributed by atoms with Gasteiger partial charge in [-0.25, -0.2) is 4.79 Å². The van der Waals surface area contributed by atoms with Crippen molar-refractivity contribution >= 4 is 41.5 Å². The lowest BCUT2D eigenvalue weighted by Gasteiger charge is -2.23. The predicted molar refractivity (Wildman–Crippen MR) is 106 cm³/mol. The van der Waals surface area contributed by atoms with Gasteiger partial charge in [-0.05, 0) is 19.8 Å². The van der Waals surface area contributed by atoms with Crippen molar-refractivity contribution in [3.63, 3.8) is 0 Å². The van der Waals surface area contributed by atoms with E-state index in [1.165, 1.54) is 6.92 Å². The monoisotopic (exact) mass is 460 g/mol. The lowest BCUT2D eigenvalue weighted by molar-refractivity contribution is -0.143. The third kappa shape index (κ3) is 11.4. The van der Waals surface area contributed by atoms with E-state index in [2.05, 4.69) is 10.6 Å². The Hall–Kier alpha value is -3.75. The number of carboxylic acids is 2. The summed E-state index contributed by atoms with van der Waals surface area (Å²) in [4.78, 5) is 80.5. The Morgan fingerprint density at radius 3 is 1.78 bits per heavy atom. The molecule has 4 atom stereocenters. The van der Waals surface area contributed by atoms with Crippen molar-refractivity contribution in [1.82, 2.24) is 16.0 Å². The summed E-state index contributed by atoms with van der Waals surface area (Å²) in [6, 6.07) is -5.53. The first-order valence-electron chi connectivity index (χ1n) is 9.42. The van der Waals surface area contributed by atoms with Crippen molar-refractivity contribution < 1.29 is 43.8 Å². The van der Waals surface area contributed by atoms with E-state index in [0.29, 0.717) is 0 Å². The molecule has 0 bridgehead atoms. The molecule has 32 heavy (non-hydrogen) atoms. The Kier molecular flexibility index (Phi) is 11.9. The molecule has 15 nitrogen and oxygen atoms in total. The molecule has 180 valence electrons. The number of hydrogen-bond acceptors (Lipinski definition) is 8. The van der Waals surface area contributed by atoms with E-state index in [-0.39, 0.29) is 19.3 Å². The molecule has 0 aliphatic rings. The molecule has 15 heteroatoms. The molecule has 0 aromatic carbocycles. The van der Waals surface area contributed by atoms with E-state index in [1.807, 2.05) is 5.32 Å². The number of nitrogens with two attached hydrogens (primary N) is 3. The van der Waals surface area contributed by atoms with Crippen molar-refractivity contribution in [2.75, 3.05) is 0 Å². The van der Waals surface area contributed by atoms with Crippen LogP contribution in [0.5, 0.6) is 0 Å². The smallest absolute Gasteiger partial charge is 0.326 e. The van der Waals surface area contributed by atoms with Crippen molar-refractivity contribution in [3.8, 4) is 0 Å². The van der Waals surface area contributed by atoms with Gasteiger partial charge < -0.3 is 43.4 Å². The van der Waals surface area contributed by atoms with Gasteiger partial charge in [0, 0.05) is 12.8 Å². The van der Waals surface area contributed by atoms with Crippen molar-refractivity contribution in [2.24, 2.45) is 17.2 Å². The first-order valence-corrected chi connectivity index (χ1v) is 9.42. The van der Waals surface area contributed by atoms with Crippen molar-refractivity contribution in [1.29, 1.82) is 0 Å². The summed E-state index contributed by atoms with van der Waals surface area (Å²) in [6.45, 7) is 1.20. The second kappa shape index (κ2) is 13.5. The largest absolute Gasteiger partial charge is 0.481 e. The Morgan fingerprint density at radius 2 is 1.31 bits per heavy atom. The van der Waals surface area contributed by atoms with Crippen LogP contribution in [0.25, 0.3) is 0 Å². The first kappa shape index (κ1) is 28.2. The fraction of sp³-hybridized carbons (Fsp3) is 0.588. The number of nitrogens with one attached hydrogen (secondary N) is 3. The van der Waals surface area contributed by atoms with Crippen LogP contribution in [0.3, 0.4) is 0 Å². The molecular weight excluding hydrogens is 432 g/mol. The average molecular weight is 460 g/mol. The quantitative estimate of drug-likeness (QED) is 0.117. The maximum atomic E-state index is 12.5. The number of hydrogen-bond donors (Lipinski definition) is 8. The number of amides is 5. The molecule has 0 aliphatic heterocycles. The maximum absolute atomic E-state index is 12.5. The molecule has 0 heterocycles. The summed E-state index contributed by atoms with van der Waals surface area (Å²) < 4.78 is 0. The number of rotatable bonds is 15. The van der Waals surface area contributed by atoms with Crippen LogP contribution in [0.1, 0.15) is 39.0 Å². The standard InChI is InChI=1S/C17H28N6O9/c1-7(14(28)23-10(17(31)32)6-12(20)25)21-16(30)9(3-5-13(26)27)22-15(29)8(18)2-4-11(19)24/h7-10H,2-6,18H2,1H3,(H2,19,24)(H2,20,25)(H,21,30)(H,22,29)(H,23,28)(H,26,27)(H,31,32). The van der Waals surface area contributed by atoms with Gasteiger partial charge in [0.05, 0.1) is 12.5 Å². The zero-order valence-electron chi connectivity index (χ0n) is 17.3. The molecule has 11 N–H and O–H groups in total. The summed E-state index contributed by atoms with van der Waals surface area (Å²) in [6.07, 6.45) is -1.82. The fourth-order valence-corrected chi connectivity index (χ4v) is 2.32. The van der Waals surface area contributed by atoms with Gasteiger partial charge in [-0.15, -0.1) is 0 Å². The lowest BCUT2D eigenvalue weighted by Crippen LogP contribution is -2.56. The lowest BCUT2D eigenvalue weighted by atomic mass is 10.1. The van der Waals surface area contributed by atoms with E-state index in [4.69, 9.17) is 27.4 Å². The van der Waals surface area contributed by atoms with Gasteiger partial charge in [0.25, 0.3) is 0 Å². The summed E-state index contributed by atoms with van der Waals surface area (Å²) in [7, 11) is 0. The van der Waals surface area contributed by atoms with Gasteiger partial charge in [0.15, 0.2) is 0 Å². The summed E-state index contributed by atoms with van der Waals surface area (Å²) in [5.41, 5.74) is 15.5. The second-order valence-corrected chi connectivity index (χ2v) is 6.91. The number of carboxylic acid groups (broad SMARTS) is 2.